The second-order valence-corrected chi connectivity index (χ2v) is 6.54. The second-order valence-electron chi connectivity index (χ2n) is 5.46. The number of amidine groups is 1. The molecule has 128 valence electrons. The first kappa shape index (κ1) is 16.7. The first-order valence-corrected chi connectivity index (χ1v) is 8.37. The van der Waals surface area contributed by atoms with Crippen molar-refractivity contribution in [3.8, 4) is 0 Å². The third-order valence-electron chi connectivity index (χ3n) is 3.77. The lowest BCUT2D eigenvalue weighted by Crippen LogP contribution is -2.59. The van der Waals surface area contributed by atoms with E-state index in [9.17, 15) is 10.2 Å². The Bertz CT molecular complexity index is 568. The van der Waals surface area contributed by atoms with Crippen molar-refractivity contribution < 1.29 is 19.7 Å². The van der Waals surface area contributed by atoms with Crippen LogP contribution in [0.25, 0.3) is 0 Å². The Labute approximate surface area is 138 Å². The number of nitrogens with one attached hydrogen (secondary N) is 1. The lowest BCUT2D eigenvalue weighted by atomic mass is 9.98. The van der Waals surface area contributed by atoms with Crippen molar-refractivity contribution in [2.45, 2.75) is 49.9 Å². The molecule has 2 fully saturated rings. The van der Waals surface area contributed by atoms with Crippen LogP contribution in [0.1, 0.15) is 12.6 Å². The van der Waals surface area contributed by atoms with Crippen LogP contribution in [0, 0.1) is 0 Å². The van der Waals surface area contributed by atoms with E-state index in [0.29, 0.717) is 25.4 Å². The number of ether oxygens (including phenoxy) is 2. The minimum atomic E-state index is -1.01. The molecule has 2 aliphatic rings. The van der Waals surface area contributed by atoms with Gasteiger partial charge in [-0.3, -0.25) is 4.99 Å². The van der Waals surface area contributed by atoms with Gasteiger partial charge in [-0.2, -0.15) is 0 Å². The molecule has 0 aliphatic carbocycles. The van der Waals surface area contributed by atoms with Crippen LogP contribution >= 0.6 is 11.8 Å². The quantitative estimate of drug-likeness (QED) is 0.621. The highest BCUT2D eigenvalue weighted by Gasteiger charge is 2.49. The van der Waals surface area contributed by atoms with E-state index in [0.717, 1.165) is 5.17 Å². The minimum Gasteiger partial charge on any atom is -0.388 e. The zero-order valence-electron chi connectivity index (χ0n) is 13.0. The molecule has 0 spiro atoms. The van der Waals surface area contributed by atoms with Gasteiger partial charge in [0.2, 0.25) is 0 Å². The van der Waals surface area contributed by atoms with Gasteiger partial charge in [0.25, 0.3) is 0 Å². The Kier molecular flexibility index (Phi) is 5.17. The smallest absolute Gasteiger partial charge is 0.159 e. The summed E-state index contributed by atoms with van der Waals surface area (Å²) in [6.07, 6.45) is -0.779. The van der Waals surface area contributed by atoms with Gasteiger partial charge in [-0.1, -0.05) is 17.0 Å². The van der Waals surface area contributed by atoms with E-state index in [1.807, 2.05) is 6.92 Å². The fraction of sp³-hybridized carbons (Fsp3) is 0.769. The fourth-order valence-corrected chi connectivity index (χ4v) is 3.88. The van der Waals surface area contributed by atoms with Gasteiger partial charge in [0.05, 0.1) is 25.4 Å². The average molecular weight is 343 g/mol. The molecule has 10 heteroatoms. The Hall–Kier alpha value is -1.20. The van der Waals surface area contributed by atoms with Gasteiger partial charge in [0, 0.05) is 13.7 Å². The zero-order valence-corrected chi connectivity index (χ0v) is 13.8. The summed E-state index contributed by atoms with van der Waals surface area (Å²) >= 11 is 1.43. The summed E-state index contributed by atoms with van der Waals surface area (Å²) < 4.78 is 12.5. The van der Waals surface area contributed by atoms with Crippen molar-refractivity contribution in [3.05, 3.63) is 11.9 Å². The van der Waals surface area contributed by atoms with E-state index < -0.39 is 18.3 Å². The van der Waals surface area contributed by atoms with Gasteiger partial charge in [-0.05, 0) is 6.92 Å². The van der Waals surface area contributed by atoms with E-state index in [-0.39, 0.29) is 11.5 Å². The number of methoxy groups -OCH3 is 1. The van der Waals surface area contributed by atoms with Gasteiger partial charge in [0.1, 0.15) is 29.4 Å². The maximum Gasteiger partial charge on any atom is 0.159 e. The van der Waals surface area contributed by atoms with Crippen LogP contribution in [-0.2, 0) is 22.6 Å². The Morgan fingerprint density at radius 1 is 1.48 bits per heavy atom. The number of aromatic nitrogens is 3. The van der Waals surface area contributed by atoms with Crippen molar-refractivity contribution in [3.63, 3.8) is 0 Å². The highest BCUT2D eigenvalue weighted by atomic mass is 32.2. The number of rotatable bonds is 5. The molecule has 0 amide bonds. The minimum absolute atomic E-state index is 0.286. The topological polar surface area (TPSA) is 114 Å². The van der Waals surface area contributed by atoms with Crippen molar-refractivity contribution in [2.24, 2.45) is 4.99 Å². The molecule has 1 aromatic rings. The van der Waals surface area contributed by atoms with Crippen LogP contribution in [0.4, 0.5) is 0 Å². The van der Waals surface area contributed by atoms with E-state index in [1.165, 1.54) is 11.8 Å². The molecular formula is C13H21N5O4S. The number of hydrogen-bond acceptors (Lipinski definition) is 8. The molecule has 2 saturated heterocycles. The number of nitrogens with zero attached hydrogens (tertiary/aromatic N) is 4. The van der Waals surface area contributed by atoms with E-state index in [4.69, 9.17) is 9.47 Å². The Balaban J connectivity index is 1.67. The normalized spacial score (nSPS) is 35.3. The first-order valence-electron chi connectivity index (χ1n) is 7.49. The summed E-state index contributed by atoms with van der Waals surface area (Å²) in [7, 11) is 1.59. The maximum atomic E-state index is 10.3. The molecule has 3 rings (SSSR count). The molecule has 5 atom stereocenters. The van der Waals surface area contributed by atoms with Gasteiger partial charge in [-0.25, -0.2) is 4.68 Å². The monoisotopic (exact) mass is 343 g/mol. The number of aliphatic imine (C=N–C) groups is 1. The molecule has 3 heterocycles. The SMILES string of the molecule is CCN=C1NC2C(OC(Cn3cc(COC)nn3)C(O)C2O)S1. The molecule has 5 unspecified atom stereocenters. The molecular weight excluding hydrogens is 322 g/mol. The largest absolute Gasteiger partial charge is 0.388 e. The number of aliphatic hydroxyl groups is 2. The highest BCUT2D eigenvalue weighted by Crippen LogP contribution is 2.34. The molecule has 0 radical (unpaired) electrons. The summed E-state index contributed by atoms with van der Waals surface area (Å²) in [5.74, 6) is 0. The third kappa shape index (κ3) is 3.50. The van der Waals surface area contributed by atoms with E-state index >= 15 is 0 Å². The van der Waals surface area contributed by atoms with Crippen molar-refractivity contribution in [2.75, 3.05) is 13.7 Å². The summed E-state index contributed by atoms with van der Waals surface area (Å²) in [6, 6.07) is -0.364. The van der Waals surface area contributed by atoms with Crippen molar-refractivity contribution in [1.29, 1.82) is 0 Å². The van der Waals surface area contributed by atoms with E-state index in [2.05, 4.69) is 20.6 Å². The van der Waals surface area contributed by atoms with E-state index in [1.54, 1.807) is 18.0 Å². The molecule has 0 bridgehead atoms. The van der Waals surface area contributed by atoms with Crippen LogP contribution in [0.3, 0.4) is 0 Å². The summed E-state index contributed by atoms with van der Waals surface area (Å²) in [5, 5.41) is 32.5. The predicted molar refractivity (Wildman–Crippen MR) is 83.9 cm³/mol. The summed E-state index contributed by atoms with van der Waals surface area (Å²) in [6.45, 7) is 3.27. The lowest BCUT2D eigenvalue weighted by molar-refractivity contribution is -0.160. The molecule has 9 nitrogen and oxygen atoms in total. The van der Waals surface area contributed by atoms with Crippen LogP contribution in [-0.4, -0.2) is 73.8 Å². The molecule has 3 N–H and O–H groups in total. The molecule has 2 aliphatic heterocycles. The highest BCUT2D eigenvalue weighted by molar-refractivity contribution is 8.14. The number of thioether (sulfide) groups is 1. The third-order valence-corrected chi connectivity index (χ3v) is 4.87. The van der Waals surface area contributed by atoms with Gasteiger partial charge < -0.3 is 25.0 Å². The van der Waals surface area contributed by atoms with Gasteiger partial charge >= 0.3 is 0 Å². The predicted octanol–water partition coefficient (Wildman–Crippen LogP) is -1.05. The summed E-state index contributed by atoms with van der Waals surface area (Å²) in [5.41, 5.74) is 0.413. The molecule has 0 aromatic carbocycles. The van der Waals surface area contributed by atoms with Crippen molar-refractivity contribution in [1.82, 2.24) is 20.3 Å². The van der Waals surface area contributed by atoms with Crippen LogP contribution < -0.4 is 5.32 Å². The summed E-state index contributed by atoms with van der Waals surface area (Å²) in [4.78, 5) is 4.29. The Morgan fingerprint density at radius 2 is 2.30 bits per heavy atom. The number of hydrogen-bond donors (Lipinski definition) is 3. The van der Waals surface area contributed by atoms with Gasteiger partial charge in [-0.15, -0.1) is 5.10 Å². The Morgan fingerprint density at radius 3 is 3.04 bits per heavy atom. The van der Waals surface area contributed by atoms with Crippen LogP contribution in [0.15, 0.2) is 11.2 Å². The lowest BCUT2D eigenvalue weighted by Gasteiger charge is -2.38. The van der Waals surface area contributed by atoms with Crippen LogP contribution in [0.5, 0.6) is 0 Å². The second kappa shape index (κ2) is 7.14. The number of fused-ring (bicyclic) bond motifs is 1. The fourth-order valence-electron chi connectivity index (χ4n) is 2.68. The van der Waals surface area contributed by atoms with Crippen molar-refractivity contribution >= 4 is 16.9 Å². The molecule has 1 aromatic heterocycles. The maximum absolute atomic E-state index is 10.3. The molecule has 0 saturated carbocycles. The van der Waals surface area contributed by atoms with Gasteiger partial charge in [0.15, 0.2) is 5.17 Å². The average Bonchev–Trinajstić information content (AvgIpc) is 3.12. The number of aliphatic hydroxyl groups excluding tert-OH is 2. The molecule has 23 heavy (non-hydrogen) atoms. The first-order chi connectivity index (χ1) is 11.1. The van der Waals surface area contributed by atoms with Crippen LogP contribution in [0.2, 0.25) is 0 Å². The zero-order chi connectivity index (χ0) is 16.4. The standard InChI is InChI=1S/C13H21N5O4S/c1-3-14-13-15-9-11(20)10(19)8(22-12(9)23-13)5-18-4-7(6-21-2)16-17-18/h4,8-12,19-20H,3,5-6H2,1-2H3,(H,14,15).